The zero-order valence-corrected chi connectivity index (χ0v) is 6.10. The number of rotatable bonds is 2. The van der Waals surface area contributed by atoms with Gasteiger partial charge in [-0.2, -0.15) is 9.36 Å². The second kappa shape index (κ2) is 2.77. The first-order valence-electron chi connectivity index (χ1n) is 2.65. The van der Waals surface area contributed by atoms with E-state index in [1.807, 2.05) is 13.8 Å². The SMILES string of the molecule is CC(C)Oc1n[c]ns1. The number of ether oxygens (including phenoxy) is 1. The predicted octanol–water partition coefficient (Wildman–Crippen LogP) is 1.13. The lowest BCUT2D eigenvalue weighted by atomic mass is 10.5. The molecule has 0 N–H and O–H groups in total. The maximum absolute atomic E-state index is 5.17. The summed E-state index contributed by atoms with van der Waals surface area (Å²) >= 11 is 1.21. The smallest absolute Gasteiger partial charge is 0.293 e. The van der Waals surface area contributed by atoms with E-state index in [9.17, 15) is 0 Å². The fourth-order valence-electron chi connectivity index (χ4n) is 0.391. The largest absolute Gasteiger partial charge is 0.466 e. The van der Waals surface area contributed by atoms with Gasteiger partial charge in [-0.3, -0.25) is 0 Å². The van der Waals surface area contributed by atoms with Gasteiger partial charge in [0, 0.05) is 11.5 Å². The molecule has 1 aromatic heterocycles. The van der Waals surface area contributed by atoms with Gasteiger partial charge < -0.3 is 4.74 Å². The lowest BCUT2D eigenvalue weighted by molar-refractivity contribution is 0.241. The fraction of sp³-hybridized carbons (Fsp3) is 0.600. The molecule has 0 aliphatic heterocycles. The second-order valence-electron chi connectivity index (χ2n) is 1.83. The Morgan fingerprint density at radius 1 is 1.67 bits per heavy atom. The zero-order valence-electron chi connectivity index (χ0n) is 5.29. The van der Waals surface area contributed by atoms with Gasteiger partial charge in [0.05, 0.1) is 6.10 Å². The molecule has 4 heteroatoms. The average Bonchev–Trinajstić information content (AvgIpc) is 2.15. The van der Waals surface area contributed by atoms with Crippen LogP contribution in [0.4, 0.5) is 0 Å². The summed E-state index contributed by atoms with van der Waals surface area (Å²) in [6.45, 7) is 3.89. The molecule has 0 aromatic carbocycles. The quantitative estimate of drug-likeness (QED) is 0.622. The van der Waals surface area contributed by atoms with E-state index in [1.54, 1.807) is 0 Å². The highest BCUT2D eigenvalue weighted by Gasteiger charge is 1.98. The summed E-state index contributed by atoms with van der Waals surface area (Å²) < 4.78 is 8.82. The van der Waals surface area contributed by atoms with Gasteiger partial charge in [0.2, 0.25) is 6.33 Å². The van der Waals surface area contributed by atoms with E-state index in [2.05, 4.69) is 15.7 Å². The monoisotopic (exact) mass is 143 g/mol. The van der Waals surface area contributed by atoms with Crippen LogP contribution < -0.4 is 4.74 Å². The Kier molecular flexibility index (Phi) is 2.00. The molecule has 0 aliphatic rings. The maximum atomic E-state index is 5.17. The number of hydrogen-bond donors (Lipinski definition) is 0. The molecule has 0 atom stereocenters. The highest BCUT2D eigenvalue weighted by molar-refractivity contribution is 7.07. The molecule has 0 unspecified atom stereocenters. The second-order valence-corrected chi connectivity index (χ2v) is 2.54. The van der Waals surface area contributed by atoms with Crippen LogP contribution in [0.5, 0.6) is 5.19 Å². The molecule has 0 saturated heterocycles. The van der Waals surface area contributed by atoms with Gasteiger partial charge in [-0.15, -0.1) is 0 Å². The van der Waals surface area contributed by atoms with Crippen LogP contribution >= 0.6 is 11.5 Å². The Hall–Kier alpha value is -0.640. The van der Waals surface area contributed by atoms with E-state index in [0.717, 1.165) is 0 Å². The van der Waals surface area contributed by atoms with Gasteiger partial charge >= 0.3 is 0 Å². The molecular weight excluding hydrogens is 136 g/mol. The molecule has 9 heavy (non-hydrogen) atoms. The van der Waals surface area contributed by atoms with Crippen LogP contribution in [0, 0.1) is 6.33 Å². The van der Waals surface area contributed by atoms with Gasteiger partial charge in [-0.1, -0.05) is 0 Å². The summed E-state index contributed by atoms with van der Waals surface area (Å²) in [6.07, 6.45) is 2.60. The van der Waals surface area contributed by atoms with E-state index in [1.165, 1.54) is 11.5 Å². The summed E-state index contributed by atoms with van der Waals surface area (Å²) in [4.78, 5) is 3.72. The minimum Gasteiger partial charge on any atom is -0.466 e. The van der Waals surface area contributed by atoms with Crippen molar-refractivity contribution in [2.45, 2.75) is 20.0 Å². The molecule has 0 bridgehead atoms. The molecule has 0 saturated carbocycles. The van der Waals surface area contributed by atoms with Crippen molar-refractivity contribution in [3.63, 3.8) is 0 Å². The lowest BCUT2D eigenvalue weighted by Gasteiger charge is -2.02. The molecule has 1 rings (SSSR count). The molecule has 3 nitrogen and oxygen atoms in total. The zero-order chi connectivity index (χ0) is 6.69. The number of hydrogen-bond acceptors (Lipinski definition) is 4. The third kappa shape index (κ3) is 1.97. The fourth-order valence-corrected chi connectivity index (χ4v) is 0.867. The number of nitrogens with zero attached hydrogens (tertiary/aromatic N) is 2. The average molecular weight is 143 g/mol. The topological polar surface area (TPSA) is 35.0 Å². The van der Waals surface area contributed by atoms with Gasteiger partial charge in [0.25, 0.3) is 5.19 Å². The molecular formula is C5H7N2OS. The maximum Gasteiger partial charge on any atom is 0.293 e. The van der Waals surface area contributed by atoms with Gasteiger partial charge in [-0.05, 0) is 13.8 Å². The van der Waals surface area contributed by atoms with Crippen molar-refractivity contribution in [3.05, 3.63) is 6.33 Å². The molecule has 1 aromatic rings. The van der Waals surface area contributed by atoms with Crippen LogP contribution in [0.1, 0.15) is 13.8 Å². The molecule has 0 amide bonds. The Balaban J connectivity index is 2.48. The van der Waals surface area contributed by atoms with Crippen LogP contribution in [0.15, 0.2) is 0 Å². The van der Waals surface area contributed by atoms with Crippen molar-refractivity contribution in [1.29, 1.82) is 0 Å². The molecule has 1 radical (unpaired) electrons. The van der Waals surface area contributed by atoms with E-state index >= 15 is 0 Å². The van der Waals surface area contributed by atoms with Gasteiger partial charge in [0.15, 0.2) is 0 Å². The van der Waals surface area contributed by atoms with Crippen LogP contribution in [0.2, 0.25) is 0 Å². The Labute approximate surface area is 57.9 Å². The minimum absolute atomic E-state index is 0.173. The first kappa shape index (κ1) is 6.48. The Morgan fingerprint density at radius 2 is 2.44 bits per heavy atom. The standard InChI is InChI=1S/C5H7N2OS/c1-4(2)8-5-6-3-7-9-5/h4H,1-2H3. The third-order valence-corrected chi connectivity index (χ3v) is 1.16. The van der Waals surface area contributed by atoms with Crippen molar-refractivity contribution in [3.8, 4) is 5.19 Å². The highest BCUT2D eigenvalue weighted by atomic mass is 32.1. The third-order valence-electron chi connectivity index (χ3n) is 0.642. The summed E-state index contributed by atoms with van der Waals surface area (Å²) in [7, 11) is 0. The van der Waals surface area contributed by atoms with Crippen LogP contribution in [0.25, 0.3) is 0 Å². The summed E-state index contributed by atoms with van der Waals surface area (Å²) in [5.41, 5.74) is 0. The van der Waals surface area contributed by atoms with Crippen molar-refractivity contribution in [1.82, 2.24) is 9.36 Å². The van der Waals surface area contributed by atoms with Crippen LogP contribution in [0.3, 0.4) is 0 Å². The first-order valence-corrected chi connectivity index (χ1v) is 3.43. The number of aromatic nitrogens is 2. The van der Waals surface area contributed by atoms with Gasteiger partial charge in [-0.25, -0.2) is 0 Å². The van der Waals surface area contributed by atoms with Crippen LogP contribution in [-0.4, -0.2) is 15.5 Å². The Bertz CT molecular complexity index is 161. The van der Waals surface area contributed by atoms with E-state index in [0.29, 0.717) is 5.19 Å². The summed E-state index contributed by atoms with van der Waals surface area (Å²) in [6, 6.07) is 0. The normalized spacial score (nSPS) is 10.1. The summed E-state index contributed by atoms with van der Waals surface area (Å²) in [5.74, 6) is 0. The Morgan fingerprint density at radius 3 is 2.89 bits per heavy atom. The molecule has 49 valence electrons. The van der Waals surface area contributed by atoms with Crippen LogP contribution in [-0.2, 0) is 0 Å². The van der Waals surface area contributed by atoms with Crippen molar-refractivity contribution in [2.75, 3.05) is 0 Å². The molecule has 0 spiro atoms. The molecule has 1 heterocycles. The van der Waals surface area contributed by atoms with E-state index in [-0.39, 0.29) is 6.10 Å². The predicted molar refractivity (Wildman–Crippen MR) is 34.5 cm³/mol. The minimum atomic E-state index is 0.173. The van der Waals surface area contributed by atoms with Gasteiger partial charge in [0.1, 0.15) is 0 Å². The molecule has 0 aliphatic carbocycles. The summed E-state index contributed by atoms with van der Waals surface area (Å²) in [5, 5.41) is 0.588. The molecule has 0 fully saturated rings. The first-order chi connectivity index (χ1) is 4.29. The van der Waals surface area contributed by atoms with Crippen molar-refractivity contribution in [2.24, 2.45) is 0 Å². The van der Waals surface area contributed by atoms with Crippen molar-refractivity contribution >= 4 is 11.5 Å². The lowest BCUT2D eigenvalue weighted by Crippen LogP contribution is -2.04. The van der Waals surface area contributed by atoms with Crippen molar-refractivity contribution < 1.29 is 4.74 Å². The van der Waals surface area contributed by atoms with E-state index in [4.69, 9.17) is 4.74 Å². The highest BCUT2D eigenvalue weighted by Crippen LogP contribution is 2.10. The van der Waals surface area contributed by atoms with E-state index < -0.39 is 0 Å².